The molecule has 3 aromatic rings. The van der Waals surface area contributed by atoms with Crippen LogP contribution in [-0.2, 0) is 16.1 Å². The molecule has 2 aliphatic heterocycles. The second-order valence-corrected chi connectivity index (χ2v) is 10.3. The average Bonchev–Trinajstić information content (AvgIpc) is 3.04. The summed E-state index contributed by atoms with van der Waals surface area (Å²) in [4.78, 5) is 56.7. The Kier molecular flexibility index (Phi) is 11.4. The number of rotatable bonds is 3. The van der Waals surface area contributed by atoms with Gasteiger partial charge in [-0.3, -0.25) is 24.2 Å². The molecule has 4 bridgehead atoms. The molecule has 5 rings (SSSR count). The van der Waals surface area contributed by atoms with E-state index >= 15 is 4.39 Å². The molecule has 1 atom stereocenters. The predicted molar refractivity (Wildman–Crippen MR) is 160 cm³/mol. The number of aromatic nitrogens is 1. The lowest BCUT2D eigenvalue weighted by atomic mass is 10.1. The van der Waals surface area contributed by atoms with Crippen LogP contribution in [-0.4, -0.2) is 66.3 Å². The molecule has 0 radical (unpaired) electrons. The molecule has 0 fully saturated rings. The van der Waals surface area contributed by atoms with E-state index in [2.05, 4.69) is 20.9 Å². The van der Waals surface area contributed by atoms with E-state index < -0.39 is 41.3 Å². The van der Waals surface area contributed by atoms with Gasteiger partial charge in [0.15, 0.2) is 28.9 Å². The van der Waals surface area contributed by atoms with E-state index in [9.17, 15) is 23.6 Å². The summed E-state index contributed by atoms with van der Waals surface area (Å²) in [5, 5.41) is 8.18. The Labute approximate surface area is 259 Å². The van der Waals surface area contributed by atoms with Crippen LogP contribution in [0.5, 0.6) is 17.2 Å². The number of halogens is 2. The van der Waals surface area contributed by atoms with Crippen LogP contribution in [0.2, 0.25) is 0 Å². The maximum atomic E-state index is 15.0. The lowest BCUT2D eigenvalue weighted by Gasteiger charge is -2.23. The van der Waals surface area contributed by atoms with Crippen molar-refractivity contribution in [2.75, 3.05) is 26.7 Å². The van der Waals surface area contributed by atoms with Gasteiger partial charge >= 0.3 is 0 Å². The lowest BCUT2D eigenvalue weighted by molar-refractivity contribution is -0.129. The molecule has 3 heterocycles. The Morgan fingerprint density at radius 1 is 1.02 bits per heavy atom. The quantitative estimate of drug-likeness (QED) is 0.404. The molecular formula is C32H35F2N5O6. The van der Waals surface area contributed by atoms with Crippen LogP contribution >= 0.6 is 0 Å². The van der Waals surface area contributed by atoms with Gasteiger partial charge in [0, 0.05) is 44.4 Å². The van der Waals surface area contributed by atoms with Crippen molar-refractivity contribution in [3.63, 3.8) is 0 Å². The molecule has 11 nitrogen and oxygen atoms in total. The number of hydrogen-bond donors (Lipinski definition) is 3. The first-order valence-corrected chi connectivity index (χ1v) is 14.6. The van der Waals surface area contributed by atoms with Crippen molar-refractivity contribution in [1.82, 2.24) is 25.8 Å². The maximum absolute atomic E-state index is 15.0. The van der Waals surface area contributed by atoms with Gasteiger partial charge < -0.3 is 30.3 Å². The van der Waals surface area contributed by atoms with E-state index in [1.807, 2.05) is 0 Å². The van der Waals surface area contributed by atoms with Crippen molar-refractivity contribution >= 4 is 23.6 Å². The monoisotopic (exact) mass is 623 g/mol. The Balaban J connectivity index is 1.57. The minimum absolute atomic E-state index is 0.00399. The van der Waals surface area contributed by atoms with Gasteiger partial charge in [-0.1, -0.05) is 13.0 Å². The van der Waals surface area contributed by atoms with Crippen LogP contribution in [0.3, 0.4) is 0 Å². The van der Waals surface area contributed by atoms with Crippen LogP contribution in [0, 0.1) is 11.6 Å². The van der Waals surface area contributed by atoms with E-state index in [1.54, 1.807) is 13.0 Å². The van der Waals surface area contributed by atoms with Gasteiger partial charge in [0.05, 0.1) is 18.9 Å². The van der Waals surface area contributed by atoms with E-state index in [4.69, 9.17) is 9.47 Å². The van der Waals surface area contributed by atoms with E-state index in [1.165, 1.54) is 54.6 Å². The highest BCUT2D eigenvalue weighted by Crippen LogP contribution is 2.34. The van der Waals surface area contributed by atoms with Crippen molar-refractivity contribution in [2.24, 2.45) is 0 Å². The summed E-state index contributed by atoms with van der Waals surface area (Å²) in [5.41, 5.74) is 0.532. The highest BCUT2D eigenvalue weighted by molar-refractivity contribution is 5.95. The fourth-order valence-corrected chi connectivity index (χ4v) is 4.72. The number of benzene rings is 2. The molecule has 0 saturated carbocycles. The zero-order valence-electron chi connectivity index (χ0n) is 25.0. The van der Waals surface area contributed by atoms with E-state index in [-0.39, 0.29) is 67.4 Å². The zero-order chi connectivity index (χ0) is 32.3. The minimum atomic E-state index is -0.821. The summed E-state index contributed by atoms with van der Waals surface area (Å²) in [5.74, 6) is -3.03. The van der Waals surface area contributed by atoms with Crippen molar-refractivity contribution in [2.45, 2.75) is 45.2 Å². The number of ether oxygens (including phenoxy) is 2. The van der Waals surface area contributed by atoms with Gasteiger partial charge in [-0.2, -0.15) is 0 Å². The number of carbonyl (C=O) groups is 4. The molecule has 0 aliphatic carbocycles. The Bertz CT molecular complexity index is 1550. The highest BCUT2D eigenvalue weighted by atomic mass is 19.1. The first-order chi connectivity index (χ1) is 21.7. The summed E-state index contributed by atoms with van der Waals surface area (Å²) in [6, 6.07) is 9.15. The van der Waals surface area contributed by atoms with Crippen LogP contribution in [0.15, 0.2) is 54.9 Å². The Morgan fingerprint density at radius 2 is 1.82 bits per heavy atom. The Hall–Kier alpha value is -5.07. The van der Waals surface area contributed by atoms with Gasteiger partial charge in [-0.05, 0) is 61.2 Å². The highest BCUT2D eigenvalue weighted by Gasteiger charge is 2.22. The largest absolute Gasteiger partial charge is 0.493 e. The van der Waals surface area contributed by atoms with Gasteiger partial charge in [-0.25, -0.2) is 8.78 Å². The van der Waals surface area contributed by atoms with Crippen LogP contribution in [0.25, 0.3) is 0 Å². The van der Waals surface area contributed by atoms with Gasteiger partial charge in [-0.15, -0.1) is 0 Å². The molecule has 0 unspecified atom stereocenters. The topological polar surface area (TPSA) is 139 Å². The molecule has 1 aromatic heterocycles. The van der Waals surface area contributed by atoms with Crippen molar-refractivity contribution in [3.05, 3.63) is 83.2 Å². The molecule has 238 valence electrons. The second kappa shape index (κ2) is 15.6. The fraction of sp³-hybridized carbons (Fsp3) is 0.344. The molecule has 13 heteroatoms. The van der Waals surface area contributed by atoms with Gasteiger partial charge in [0.1, 0.15) is 6.04 Å². The first-order valence-electron chi connectivity index (χ1n) is 14.6. The second-order valence-electron chi connectivity index (χ2n) is 10.3. The predicted octanol–water partition coefficient (Wildman–Crippen LogP) is 3.73. The number of nitrogens with zero attached hydrogens (tertiary/aromatic N) is 2. The molecule has 45 heavy (non-hydrogen) atoms. The summed E-state index contributed by atoms with van der Waals surface area (Å²) in [7, 11) is 1.41. The number of methoxy groups -OCH3 is 1. The van der Waals surface area contributed by atoms with E-state index in [0.717, 1.165) is 6.20 Å². The summed E-state index contributed by atoms with van der Waals surface area (Å²) >= 11 is 0. The van der Waals surface area contributed by atoms with Crippen molar-refractivity contribution in [1.29, 1.82) is 0 Å². The molecular weight excluding hydrogens is 588 g/mol. The molecule has 2 aliphatic rings. The SMILES string of the molecule is CC[C@@H]1NC(=O)CCCN(C(=O)c2ccncc2F)CCCNC(=O)c2ccc(OC)c(c2)Oc2ccc(cc2F)CNC1=O. The maximum Gasteiger partial charge on any atom is 0.256 e. The number of fused-ring (bicyclic) bond motifs is 16. The molecule has 2 aromatic carbocycles. The number of amides is 4. The zero-order valence-corrected chi connectivity index (χ0v) is 25.0. The molecule has 0 saturated heterocycles. The Morgan fingerprint density at radius 3 is 2.56 bits per heavy atom. The number of nitrogens with one attached hydrogen (secondary N) is 3. The average molecular weight is 624 g/mol. The van der Waals surface area contributed by atoms with Crippen LogP contribution < -0.4 is 25.4 Å². The van der Waals surface area contributed by atoms with Gasteiger partial charge in [0.2, 0.25) is 11.8 Å². The summed E-state index contributed by atoms with van der Waals surface area (Å²) in [6.07, 6.45) is 3.16. The third kappa shape index (κ3) is 8.74. The van der Waals surface area contributed by atoms with E-state index in [0.29, 0.717) is 18.4 Å². The smallest absolute Gasteiger partial charge is 0.256 e. The van der Waals surface area contributed by atoms with Gasteiger partial charge in [0.25, 0.3) is 11.8 Å². The normalized spacial score (nSPS) is 17.0. The molecule has 3 N–H and O–H groups in total. The number of carbonyl (C=O) groups excluding carboxylic acids is 4. The van der Waals surface area contributed by atoms with Crippen molar-refractivity contribution in [3.8, 4) is 17.2 Å². The summed E-state index contributed by atoms with van der Waals surface area (Å²) in [6.45, 7) is 2.21. The fourth-order valence-electron chi connectivity index (χ4n) is 4.72. The first kappa shape index (κ1) is 32.8. The lowest BCUT2D eigenvalue weighted by Crippen LogP contribution is -2.46. The standard InChI is InChI=1S/C32H35F2N5O6/c1-3-25-31(42)37-18-20-7-9-26(23(33)16-20)45-28-17-21(8-10-27(28)44-2)30(41)36-12-5-15-39(14-4-6-29(40)38-25)32(43)22-11-13-35-19-24(22)34/h7-11,13,16-17,19,25H,3-6,12,14-15,18H2,1-2H3,(H,36,41)(H,37,42)(H,38,40)/t25-/m0/s1. The molecule has 0 spiro atoms. The van der Waals surface area contributed by atoms with Crippen LogP contribution in [0.1, 0.15) is 58.9 Å². The third-order valence-corrected chi connectivity index (χ3v) is 7.18. The number of hydrogen-bond acceptors (Lipinski definition) is 7. The van der Waals surface area contributed by atoms with Crippen molar-refractivity contribution < 1.29 is 37.4 Å². The molecule has 4 amide bonds. The minimum Gasteiger partial charge on any atom is -0.493 e. The third-order valence-electron chi connectivity index (χ3n) is 7.18. The summed E-state index contributed by atoms with van der Waals surface area (Å²) < 4.78 is 40.5. The van der Waals surface area contributed by atoms with Crippen LogP contribution in [0.4, 0.5) is 8.78 Å². The number of pyridine rings is 1.